The zero-order valence-electron chi connectivity index (χ0n) is 4.77. The van der Waals surface area contributed by atoms with Crippen molar-refractivity contribution in [3.05, 3.63) is 5.21 Å². The Kier molecular flexibility index (Phi) is 3.11. The van der Waals surface area contributed by atoms with Gasteiger partial charge in [0.25, 0.3) is 6.54 Å². The maximum absolute atomic E-state index is 10.1. The summed E-state index contributed by atoms with van der Waals surface area (Å²) in [5.74, 6) is -0.747. The molecule has 0 rings (SSSR count). The number of carbonyl (C=O) groups excluding carboxylic acids is 1. The van der Waals surface area contributed by atoms with Gasteiger partial charge in [-0.3, -0.25) is 0 Å². The summed E-state index contributed by atoms with van der Waals surface area (Å²) in [7, 11) is 1.13. The third-order valence-electron chi connectivity index (χ3n) is 0.592. The molecule has 0 aliphatic heterocycles. The molecule has 6 heteroatoms. The van der Waals surface area contributed by atoms with Gasteiger partial charge in [-0.25, -0.2) is 4.79 Å². The number of rotatable bonds is 2. The second kappa shape index (κ2) is 3.65. The molecule has 0 spiro atoms. The summed E-state index contributed by atoms with van der Waals surface area (Å²) in [5, 5.41) is 19.8. The molecule has 6 nitrogen and oxygen atoms in total. The lowest BCUT2D eigenvalue weighted by molar-refractivity contribution is -0.546. The van der Waals surface area contributed by atoms with Gasteiger partial charge in [-0.1, -0.05) is 0 Å². The van der Waals surface area contributed by atoms with E-state index >= 15 is 0 Å². The highest BCUT2D eigenvalue weighted by Crippen LogP contribution is 1.76. The van der Waals surface area contributed by atoms with Crippen LogP contribution in [-0.2, 0) is 9.53 Å². The van der Waals surface area contributed by atoms with Crippen molar-refractivity contribution < 1.29 is 19.6 Å². The zero-order valence-corrected chi connectivity index (χ0v) is 4.77. The van der Waals surface area contributed by atoms with Crippen LogP contribution in [0.25, 0.3) is 0 Å². The molecule has 0 heterocycles. The molecular weight excluding hydrogens is 128 g/mol. The SMILES string of the molecule is COC(=O)C/[N+]([O-])=N/O. The van der Waals surface area contributed by atoms with Crippen LogP contribution in [0.2, 0.25) is 0 Å². The van der Waals surface area contributed by atoms with E-state index in [1.54, 1.807) is 0 Å². The van der Waals surface area contributed by atoms with Crippen molar-refractivity contribution in [2.45, 2.75) is 0 Å². The van der Waals surface area contributed by atoms with E-state index in [0.717, 1.165) is 7.11 Å². The van der Waals surface area contributed by atoms with Gasteiger partial charge in [0.1, 0.15) is 0 Å². The summed E-state index contributed by atoms with van der Waals surface area (Å²) in [5.41, 5.74) is 0. The Bertz CT molecular complexity index is 132. The summed E-state index contributed by atoms with van der Waals surface area (Å²) in [6.45, 7) is -0.590. The largest absolute Gasteiger partial charge is 0.597 e. The molecule has 9 heavy (non-hydrogen) atoms. The predicted molar refractivity (Wildman–Crippen MR) is 24.7 cm³/mol. The van der Waals surface area contributed by atoms with Crippen molar-refractivity contribution in [1.29, 1.82) is 0 Å². The van der Waals surface area contributed by atoms with E-state index in [2.05, 4.69) is 10.0 Å². The van der Waals surface area contributed by atoms with Gasteiger partial charge in [-0.2, -0.15) is 0 Å². The minimum Gasteiger partial charge on any atom is -0.597 e. The fourth-order valence-electron chi connectivity index (χ4n) is 0.207. The Balaban J connectivity index is 3.60. The maximum Gasteiger partial charge on any atom is 0.376 e. The molecule has 0 aromatic rings. The Morgan fingerprint density at radius 3 is 2.89 bits per heavy atom. The number of hydrogen-bond acceptors (Lipinski definition) is 4. The van der Waals surface area contributed by atoms with Gasteiger partial charge in [0.2, 0.25) is 0 Å². The van der Waals surface area contributed by atoms with Crippen LogP contribution >= 0.6 is 0 Å². The molecule has 0 saturated carbocycles. The minimum absolute atomic E-state index is 0.189. The maximum atomic E-state index is 10.1. The highest BCUT2D eigenvalue weighted by Gasteiger charge is 2.05. The number of hydrogen-bond donors (Lipinski definition) is 1. The molecule has 0 aliphatic carbocycles. The molecule has 0 saturated heterocycles. The average molecular weight is 134 g/mol. The van der Waals surface area contributed by atoms with Crippen molar-refractivity contribution >= 4 is 5.97 Å². The molecule has 0 bridgehead atoms. The van der Waals surface area contributed by atoms with Crippen molar-refractivity contribution in [3.63, 3.8) is 0 Å². The standard InChI is InChI=1S/C3H6N2O4/c1-9-3(6)2-5(8)4-7/h7H,2H2,1H3/b5-4-. The van der Waals surface area contributed by atoms with E-state index in [9.17, 15) is 10.0 Å². The fraction of sp³-hybridized carbons (Fsp3) is 0.667. The first-order valence-electron chi connectivity index (χ1n) is 2.07. The second-order valence-electron chi connectivity index (χ2n) is 1.18. The summed E-state index contributed by atoms with van der Waals surface area (Å²) in [6.07, 6.45) is 0. The number of methoxy groups -OCH3 is 1. The topological polar surface area (TPSA) is 85.0 Å². The Morgan fingerprint density at radius 2 is 2.56 bits per heavy atom. The molecule has 0 aromatic heterocycles. The van der Waals surface area contributed by atoms with Gasteiger partial charge in [0, 0.05) is 0 Å². The first-order valence-corrected chi connectivity index (χ1v) is 2.07. The van der Waals surface area contributed by atoms with Gasteiger partial charge in [-0.05, 0) is 4.86 Å². The highest BCUT2D eigenvalue weighted by atomic mass is 16.6. The molecule has 52 valence electrons. The molecule has 0 aromatic carbocycles. The van der Waals surface area contributed by atoms with Crippen LogP contribution in [0.15, 0.2) is 5.28 Å². The van der Waals surface area contributed by atoms with E-state index < -0.39 is 12.5 Å². The smallest absolute Gasteiger partial charge is 0.376 e. The van der Waals surface area contributed by atoms with E-state index in [4.69, 9.17) is 5.21 Å². The quantitative estimate of drug-likeness (QED) is 0.239. The first kappa shape index (κ1) is 7.67. The van der Waals surface area contributed by atoms with E-state index in [1.807, 2.05) is 0 Å². The van der Waals surface area contributed by atoms with E-state index in [-0.39, 0.29) is 4.86 Å². The molecule has 0 amide bonds. The minimum atomic E-state index is -0.747. The number of carbonyl (C=O) groups is 1. The second-order valence-corrected chi connectivity index (χ2v) is 1.18. The van der Waals surface area contributed by atoms with Gasteiger partial charge < -0.3 is 15.2 Å². The Morgan fingerprint density at radius 1 is 2.00 bits per heavy atom. The highest BCUT2D eigenvalue weighted by molar-refractivity contribution is 5.70. The molecule has 0 unspecified atom stereocenters. The van der Waals surface area contributed by atoms with Crippen LogP contribution < -0.4 is 0 Å². The molecule has 0 radical (unpaired) electrons. The lowest BCUT2D eigenvalue weighted by Gasteiger charge is -1.94. The van der Waals surface area contributed by atoms with Crippen LogP contribution in [-0.4, -0.2) is 29.7 Å². The van der Waals surface area contributed by atoms with Crippen molar-refractivity contribution in [3.8, 4) is 0 Å². The van der Waals surface area contributed by atoms with Crippen LogP contribution in [0.3, 0.4) is 0 Å². The normalized spacial score (nSPS) is 11.0. The molecular formula is C3H6N2O4. The monoisotopic (exact) mass is 134 g/mol. The zero-order chi connectivity index (χ0) is 7.28. The van der Waals surface area contributed by atoms with E-state index in [1.165, 1.54) is 0 Å². The van der Waals surface area contributed by atoms with Gasteiger partial charge in [0.05, 0.1) is 7.11 Å². The number of esters is 1. The Hall–Kier alpha value is -1.33. The Labute approximate surface area is 50.9 Å². The van der Waals surface area contributed by atoms with Crippen LogP contribution in [0.1, 0.15) is 0 Å². The number of nitrogens with zero attached hydrogens (tertiary/aromatic N) is 2. The average Bonchev–Trinajstić information content (AvgIpc) is 1.87. The predicted octanol–water partition coefficient (Wildman–Crippen LogP) is -0.489. The summed E-state index contributed by atoms with van der Waals surface area (Å²) in [4.78, 5) is 9.96. The fourth-order valence-corrected chi connectivity index (χ4v) is 0.207. The lowest BCUT2D eigenvalue weighted by atomic mass is 10.7. The van der Waals surface area contributed by atoms with Crippen LogP contribution in [0.5, 0.6) is 0 Å². The molecule has 0 fully saturated rings. The van der Waals surface area contributed by atoms with Crippen molar-refractivity contribution in [2.75, 3.05) is 13.7 Å². The number of ether oxygens (including phenoxy) is 1. The van der Waals surface area contributed by atoms with Crippen molar-refractivity contribution in [1.82, 2.24) is 0 Å². The third-order valence-corrected chi connectivity index (χ3v) is 0.592. The van der Waals surface area contributed by atoms with Crippen LogP contribution in [0, 0.1) is 5.21 Å². The lowest BCUT2D eigenvalue weighted by Crippen LogP contribution is -2.15. The van der Waals surface area contributed by atoms with Crippen molar-refractivity contribution in [2.24, 2.45) is 5.28 Å². The van der Waals surface area contributed by atoms with E-state index in [0.29, 0.717) is 0 Å². The summed E-state index contributed by atoms with van der Waals surface area (Å²) < 4.78 is 4.07. The molecule has 0 atom stereocenters. The summed E-state index contributed by atoms with van der Waals surface area (Å²) >= 11 is 0. The molecule has 1 N–H and O–H groups in total. The van der Waals surface area contributed by atoms with Gasteiger partial charge >= 0.3 is 5.97 Å². The number of hydroxylamine groups is 1. The van der Waals surface area contributed by atoms with Gasteiger partial charge in [-0.15, -0.1) is 0 Å². The first-order chi connectivity index (χ1) is 4.20. The van der Waals surface area contributed by atoms with Crippen LogP contribution in [0.4, 0.5) is 0 Å². The summed E-state index contributed by atoms with van der Waals surface area (Å²) in [6, 6.07) is 0. The van der Waals surface area contributed by atoms with Gasteiger partial charge in [0.15, 0.2) is 5.28 Å². The third kappa shape index (κ3) is 3.27. The molecule has 0 aliphatic rings.